The Balaban J connectivity index is 1.65. The first-order valence-electron chi connectivity index (χ1n) is 8.76. The molecule has 1 unspecified atom stereocenters. The van der Waals surface area contributed by atoms with E-state index in [4.69, 9.17) is 0 Å². The predicted molar refractivity (Wildman–Crippen MR) is 103 cm³/mol. The number of rotatable bonds is 5. The SMILES string of the molecule is Cc1ccc(N2CC(C)N(CCS(=O)(=O)c3ccccc3)CC2=O)cc1. The van der Waals surface area contributed by atoms with Gasteiger partial charge in [-0.25, -0.2) is 8.42 Å². The number of amides is 1. The van der Waals surface area contributed by atoms with Gasteiger partial charge in [0.1, 0.15) is 0 Å². The van der Waals surface area contributed by atoms with E-state index in [1.165, 1.54) is 0 Å². The van der Waals surface area contributed by atoms with Crippen LogP contribution in [0.25, 0.3) is 0 Å². The van der Waals surface area contributed by atoms with Crippen molar-refractivity contribution in [2.75, 3.05) is 30.3 Å². The highest BCUT2D eigenvalue weighted by Gasteiger charge is 2.31. The molecule has 0 radical (unpaired) electrons. The highest BCUT2D eigenvalue weighted by molar-refractivity contribution is 7.91. The topological polar surface area (TPSA) is 57.7 Å². The molecule has 138 valence electrons. The third-order valence-electron chi connectivity index (χ3n) is 4.80. The van der Waals surface area contributed by atoms with Crippen molar-refractivity contribution >= 4 is 21.4 Å². The molecular weight excluding hydrogens is 348 g/mol. The van der Waals surface area contributed by atoms with E-state index in [9.17, 15) is 13.2 Å². The van der Waals surface area contributed by atoms with Crippen LogP contribution in [0.2, 0.25) is 0 Å². The van der Waals surface area contributed by atoms with Gasteiger partial charge in [-0.1, -0.05) is 35.9 Å². The predicted octanol–water partition coefficient (Wildman–Crippen LogP) is 2.51. The number of nitrogens with zero attached hydrogens (tertiary/aromatic N) is 2. The summed E-state index contributed by atoms with van der Waals surface area (Å²) in [4.78, 5) is 16.6. The van der Waals surface area contributed by atoms with Gasteiger partial charge < -0.3 is 4.90 Å². The average molecular weight is 372 g/mol. The van der Waals surface area contributed by atoms with Crippen molar-refractivity contribution in [1.82, 2.24) is 4.90 Å². The Morgan fingerprint density at radius 1 is 1.04 bits per heavy atom. The largest absolute Gasteiger partial charge is 0.310 e. The molecule has 0 spiro atoms. The van der Waals surface area contributed by atoms with Crippen LogP contribution in [0.1, 0.15) is 12.5 Å². The lowest BCUT2D eigenvalue weighted by molar-refractivity contribution is -0.122. The van der Waals surface area contributed by atoms with Crippen molar-refractivity contribution in [2.45, 2.75) is 24.8 Å². The molecule has 0 aliphatic carbocycles. The Bertz CT molecular complexity index is 864. The zero-order chi connectivity index (χ0) is 18.7. The summed E-state index contributed by atoms with van der Waals surface area (Å²) in [6.07, 6.45) is 0. The van der Waals surface area contributed by atoms with Gasteiger partial charge >= 0.3 is 0 Å². The Kier molecular flexibility index (Phi) is 5.44. The first-order chi connectivity index (χ1) is 12.4. The molecule has 6 heteroatoms. The maximum absolute atomic E-state index is 12.6. The molecule has 1 atom stereocenters. The van der Waals surface area contributed by atoms with Crippen molar-refractivity contribution in [3.05, 3.63) is 60.2 Å². The van der Waals surface area contributed by atoms with Crippen LogP contribution in [-0.4, -0.2) is 50.7 Å². The summed E-state index contributed by atoms with van der Waals surface area (Å²) < 4.78 is 24.9. The molecule has 1 fully saturated rings. The fourth-order valence-electron chi connectivity index (χ4n) is 3.15. The van der Waals surface area contributed by atoms with Gasteiger partial charge in [-0.2, -0.15) is 0 Å². The minimum Gasteiger partial charge on any atom is -0.310 e. The summed E-state index contributed by atoms with van der Waals surface area (Å²) in [5.41, 5.74) is 2.04. The molecule has 1 saturated heterocycles. The van der Waals surface area contributed by atoms with Crippen LogP contribution in [0.15, 0.2) is 59.5 Å². The first-order valence-corrected chi connectivity index (χ1v) is 10.4. The third kappa shape index (κ3) is 4.14. The molecule has 1 aliphatic rings. The summed E-state index contributed by atoms with van der Waals surface area (Å²) in [5, 5.41) is 0. The monoisotopic (exact) mass is 372 g/mol. The Hall–Kier alpha value is -2.18. The zero-order valence-corrected chi connectivity index (χ0v) is 15.9. The maximum Gasteiger partial charge on any atom is 0.241 e. The smallest absolute Gasteiger partial charge is 0.241 e. The standard InChI is InChI=1S/C20H24N2O3S/c1-16-8-10-18(11-9-16)22-14-17(2)21(15-20(22)23)12-13-26(24,25)19-6-4-3-5-7-19/h3-11,17H,12-15H2,1-2H3. The molecule has 1 aliphatic heterocycles. The van der Waals surface area contributed by atoms with Gasteiger partial charge in [0, 0.05) is 24.8 Å². The molecule has 0 aromatic heterocycles. The van der Waals surface area contributed by atoms with Crippen molar-refractivity contribution in [3.8, 4) is 0 Å². The normalized spacial score (nSPS) is 18.9. The average Bonchev–Trinajstić information content (AvgIpc) is 2.64. The molecule has 5 nitrogen and oxygen atoms in total. The molecule has 0 N–H and O–H groups in total. The lowest BCUT2D eigenvalue weighted by Gasteiger charge is -2.39. The van der Waals surface area contributed by atoms with E-state index in [0.29, 0.717) is 18.0 Å². The van der Waals surface area contributed by atoms with Gasteiger partial charge in [-0.15, -0.1) is 0 Å². The van der Waals surface area contributed by atoms with E-state index in [1.807, 2.05) is 43.0 Å². The minimum absolute atomic E-state index is 0.00376. The lowest BCUT2D eigenvalue weighted by atomic mass is 10.1. The second-order valence-electron chi connectivity index (χ2n) is 6.79. The Morgan fingerprint density at radius 3 is 2.35 bits per heavy atom. The zero-order valence-electron chi connectivity index (χ0n) is 15.1. The number of hydrogen-bond donors (Lipinski definition) is 0. The molecule has 2 aromatic rings. The Labute approximate surface area is 155 Å². The molecule has 1 heterocycles. The molecule has 0 saturated carbocycles. The van der Waals surface area contributed by atoms with Crippen molar-refractivity contribution in [1.29, 1.82) is 0 Å². The summed E-state index contributed by atoms with van der Waals surface area (Å²) in [6.45, 7) is 5.20. The minimum atomic E-state index is -3.34. The number of sulfone groups is 1. The highest BCUT2D eigenvalue weighted by Crippen LogP contribution is 2.21. The molecule has 2 aromatic carbocycles. The van der Waals surface area contributed by atoms with Crippen LogP contribution >= 0.6 is 0 Å². The summed E-state index contributed by atoms with van der Waals surface area (Å²) in [7, 11) is -3.34. The van der Waals surface area contributed by atoms with E-state index in [0.717, 1.165) is 11.3 Å². The lowest BCUT2D eigenvalue weighted by Crippen LogP contribution is -2.56. The van der Waals surface area contributed by atoms with E-state index in [-0.39, 0.29) is 24.2 Å². The van der Waals surface area contributed by atoms with E-state index in [2.05, 4.69) is 0 Å². The van der Waals surface area contributed by atoms with E-state index < -0.39 is 9.84 Å². The summed E-state index contributed by atoms with van der Waals surface area (Å²) in [5.74, 6) is 0.0168. The second-order valence-corrected chi connectivity index (χ2v) is 8.90. The molecule has 1 amide bonds. The summed E-state index contributed by atoms with van der Waals surface area (Å²) >= 11 is 0. The van der Waals surface area contributed by atoms with Crippen molar-refractivity contribution in [3.63, 3.8) is 0 Å². The van der Waals surface area contributed by atoms with Crippen LogP contribution in [0, 0.1) is 6.92 Å². The van der Waals surface area contributed by atoms with Crippen molar-refractivity contribution in [2.24, 2.45) is 0 Å². The van der Waals surface area contributed by atoms with Gasteiger partial charge in [-0.05, 0) is 38.1 Å². The third-order valence-corrected chi connectivity index (χ3v) is 6.52. The first kappa shape index (κ1) is 18.6. The van der Waals surface area contributed by atoms with Crippen LogP contribution in [0.5, 0.6) is 0 Å². The molecular formula is C20H24N2O3S. The highest BCUT2D eigenvalue weighted by atomic mass is 32.2. The van der Waals surface area contributed by atoms with Crippen LogP contribution in [-0.2, 0) is 14.6 Å². The number of carbonyl (C=O) groups excluding carboxylic acids is 1. The number of benzene rings is 2. The Morgan fingerprint density at radius 2 is 1.69 bits per heavy atom. The van der Waals surface area contributed by atoms with Crippen LogP contribution in [0.3, 0.4) is 0 Å². The maximum atomic E-state index is 12.6. The van der Waals surface area contributed by atoms with E-state index in [1.54, 1.807) is 35.2 Å². The molecule has 0 bridgehead atoms. The van der Waals surface area contributed by atoms with E-state index >= 15 is 0 Å². The number of hydrogen-bond acceptors (Lipinski definition) is 4. The van der Waals surface area contributed by atoms with Gasteiger partial charge in [-0.3, -0.25) is 9.69 Å². The van der Waals surface area contributed by atoms with Crippen LogP contribution < -0.4 is 4.90 Å². The van der Waals surface area contributed by atoms with Gasteiger partial charge in [0.05, 0.1) is 17.2 Å². The number of anilines is 1. The number of aryl methyl sites for hydroxylation is 1. The van der Waals surface area contributed by atoms with Gasteiger partial charge in [0.2, 0.25) is 5.91 Å². The molecule has 3 rings (SSSR count). The number of piperazine rings is 1. The van der Waals surface area contributed by atoms with Crippen molar-refractivity contribution < 1.29 is 13.2 Å². The fourth-order valence-corrected chi connectivity index (χ4v) is 4.44. The fraction of sp³-hybridized carbons (Fsp3) is 0.350. The quantitative estimate of drug-likeness (QED) is 0.809. The molecule has 26 heavy (non-hydrogen) atoms. The second kappa shape index (κ2) is 7.60. The van der Waals surface area contributed by atoms with Crippen LogP contribution in [0.4, 0.5) is 5.69 Å². The number of carbonyl (C=O) groups is 1. The summed E-state index contributed by atoms with van der Waals surface area (Å²) in [6, 6.07) is 16.4. The van der Waals surface area contributed by atoms with Gasteiger partial charge in [0.25, 0.3) is 0 Å². The van der Waals surface area contributed by atoms with Gasteiger partial charge in [0.15, 0.2) is 9.84 Å².